The van der Waals surface area contributed by atoms with E-state index in [0.717, 1.165) is 12.1 Å². The Bertz CT molecular complexity index is 696. The standard InChI is InChI=1S/C13H8BF3O4/c15-9-3-6(1-2-8(9)13(18)19)12-10(16)4-7(14(20)21)5-11(12)17/h1-5,20-21H,(H,18,19). The second-order valence-corrected chi connectivity index (χ2v) is 4.23. The molecule has 0 bridgehead atoms. The van der Waals surface area contributed by atoms with E-state index in [9.17, 15) is 18.0 Å². The molecule has 3 N–H and O–H groups in total. The van der Waals surface area contributed by atoms with E-state index in [1.54, 1.807) is 0 Å². The Kier molecular flexibility index (Phi) is 4.01. The van der Waals surface area contributed by atoms with Gasteiger partial charge < -0.3 is 15.2 Å². The van der Waals surface area contributed by atoms with Crippen molar-refractivity contribution in [2.75, 3.05) is 0 Å². The lowest BCUT2D eigenvalue weighted by atomic mass is 9.79. The maximum Gasteiger partial charge on any atom is 0.488 e. The third kappa shape index (κ3) is 2.91. The first-order valence-corrected chi connectivity index (χ1v) is 5.69. The number of carboxylic acids is 1. The highest BCUT2D eigenvalue weighted by Gasteiger charge is 2.20. The Labute approximate surface area is 117 Å². The van der Waals surface area contributed by atoms with Crippen molar-refractivity contribution >= 4 is 18.6 Å². The molecule has 0 heterocycles. The van der Waals surface area contributed by atoms with Gasteiger partial charge in [-0.1, -0.05) is 6.07 Å². The summed E-state index contributed by atoms with van der Waals surface area (Å²) >= 11 is 0. The highest BCUT2D eigenvalue weighted by molar-refractivity contribution is 6.58. The molecule has 2 aromatic carbocycles. The molecule has 21 heavy (non-hydrogen) atoms. The maximum atomic E-state index is 13.8. The minimum Gasteiger partial charge on any atom is -0.478 e. The molecular weight excluding hydrogens is 288 g/mol. The van der Waals surface area contributed by atoms with Crippen molar-refractivity contribution in [1.29, 1.82) is 0 Å². The summed E-state index contributed by atoms with van der Waals surface area (Å²) in [5, 5.41) is 26.4. The lowest BCUT2D eigenvalue weighted by Crippen LogP contribution is -2.30. The van der Waals surface area contributed by atoms with Gasteiger partial charge in [-0.3, -0.25) is 0 Å². The lowest BCUT2D eigenvalue weighted by Gasteiger charge is -2.09. The number of carbonyl (C=O) groups is 1. The molecule has 0 spiro atoms. The molecule has 0 aliphatic heterocycles. The Morgan fingerprint density at radius 2 is 1.52 bits per heavy atom. The van der Waals surface area contributed by atoms with Crippen LogP contribution in [0, 0.1) is 17.5 Å². The first-order chi connectivity index (χ1) is 9.81. The molecular formula is C13H8BF3O4. The van der Waals surface area contributed by atoms with E-state index in [1.807, 2.05) is 0 Å². The largest absolute Gasteiger partial charge is 0.488 e. The number of hydrogen-bond donors (Lipinski definition) is 3. The molecule has 108 valence electrons. The maximum absolute atomic E-state index is 13.8. The van der Waals surface area contributed by atoms with Gasteiger partial charge in [-0.2, -0.15) is 0 Å². The van der Waals surface area contributed by atoms with E-state index in [0.29, 0.717) is 18.2 Å². The molecule has 0 saturated carbocycles. The second kappa shape index (κ2) is 5.59. The minimum atomic E-state index is -2.05. The number of carboxylic acid groups (broad SMARTS) is 1. The van der Waals surface area contributed by atoms with Crippen molar-refractivity contribution in [2.24, 2.45) is 0 Å². The normalized spacial score (nSPS) is 10.5. The van der Waals surface area contributed by atoms with Crippen molar-refractivity contribution in [3.05, 3.63) is 53.3 Å². The van der Waals surface area contributed by atoms with Crippen molar-refractivity contribution in [2.45, 2.75) is 0 Å². The summed E-state index contributed by atoms with van der Waals surface area (Å²) in [6.07, 6.45) is 0. The van der Waals surface area contributed by atoms with Gasteiger partial charge in [0.1, 0.15) is 17.5 Å². The number of aromatic carboxylic acids is 1. The molecule has 0 radical (unpaired) electrons. The Balaban J connectivity index is 2.57. The van der Waals surface area contributed by atoms with Gasteiger partial charge in [0.2, 0.25) is 0 Å². The van der Waals surface area contributed by atoms with Crippen LogP contribution in [0.1, 0.15) is 10.4 Å². The van der Waals surface area contributed by atoms with E-state index in [4.69, 9.17) is 15.2 Å². The van der Waals surface area contributed by atoms with Crippen LogP contribution in [0.4, 0.5) is 13.2 Å². The average Bonchev–Trinajstić information content (AvgIpc) is 2.37. The van der Waals surface area contributed by atoms with Gasteiger partial charge in [-0.25, -0.2) is 18.0 Å². The number of benzene rings is 2. The fourth-order valence-corrected chi connectivity index (χ4v) is 1.86. The van der Waals surface area contributed by atoms with Crippen LogP contribution in [0.2, 0.25) is 0 Å². The zero-order valence-corrected chi connectivity index (χ0v) is 10.3. The van der Waals surface area contributed by atoms with E-state index < -0.39 is 47.1 Å². The van der Waals surface area contributed by atoms with Gasteiger partial charge in [-0.05, 0) is 35.3 Å². The fourth-order valence-electron chi connectivity index (χ4n) is 1.86. The topological polar surface area (TPSA) is 77.8 Å². The predicted octanol–water partition coefficient (Wildman–Crippen LogP) is 1.15. The lowest BCUT2D eigenvalue weighted by molar-refractivity contribution is 0.0692. The summed E-state index contributed by atoms with van der Waals surface area (Å²) in [7, 11) is -2.05. The number of halogens is 3. The Morgan fingerprint density at radius 1 is 0.952 bits per heavy atom. The van der Waals surface area contributed by atoms with Crippen molar-refractivity contribution < 1.29 is 33.1 Å². The molecule has 0 atom stereocenters. The zero-order valence-electron chi connectivity index (χ0n) is 10.3. The second-order valence-electron chi connectivity index (χ2n) is 4.23. The summed E-state index contributed by atoms with van der Waals surface area (Å²) in [6, 6.07) is 4.04. The van der Waals surface area contributed by atoms with Crippen molar-refractivity contribution in [1.82, 2.24) is 0 Å². The molecule has 2 rings (SSSR count). The van der Waals surface area contributed by atoms with Crippen molar-refractivity contribution in [3.8, 4) is 11.1 Å². The SMILES string of the molecule is O=C(O)c1ccc(-c2c(F)cc(B(O)O)cc2F)cc1F. The van der Waals surface area contributed by atoms with Gasteiger partial charge in [0.15, 0.2) is 0 Å². The van der Waals surface area contributed by atoms with Gasteiger partial charge in [-0.15, -0.1) is 0 Å². The Hall–Kier alpha value is -2.32. The van der Waals surface area contributed by atoms with Crippen LogP contribution in [0.15, 0.2) is 30.3 Å². The molecule has 0 fully saturated rings. The number of rotatable bonds is 3. The first kappa shape index (κ1) is 15.1. The zero-order chi connectivity index (χ0) is 15.7. The van der Waals surface area contributed by atoms with E-state index in [2.05, 4.69) is 0 Å². The summed E-state index contributed by atoms with van der Waals surface area (Å²) in [5.41, 5.74) is -1.81. The average molecular weight is 296 g/mol. The van der Waals surface area contributed by atoms with Gasteiger partial charge in [0, 0.05) is 0 Å². The van der Waals surface area contributed by atoms with Crippen LogP contribution >= 0.6 is 0 Å². The highest BCUT2D eigenvalue weighted by Crippen LogP contribution is 2.27. The summed E-state index contributed by atoms with van der Waals surface area (Å²) in [4.78, 5) is 10.7. The molecule has 0 saturated heterocycles. The molecule has 2 aromatic rings. The number of hydrogen-bond acceptors (Lipinski definition) is 3. The summed E-state index contributed by atoms with van der Waals surface area (Å²) in [6.45, 7) is 0. The van der Waals surface area contributed by atoms with Gasteiger partial charge in [0.05, 0.1) is 11.1 Å². The van der Waals surface area contributed by atoms with Crippen LogP contribution in [0.5, 0.6) is 0 Å². The smallest absolute Gasteiger partial charge is 0.478 e. The van der Waals surface area contributed by atoms with Gasteiger partial charge >= 0.3 is 13.1 Å². The van der Waals surface area contributed by atoms with Crippen LogP contribution in [0.3, 0.4) is 0 Å². The quantitative estimate of drug-likeness (QED) is 0.742. The predicted molar refractivity (Wildman–Crippen MR) is 68.5 cm³/mol. The Morgan fingerprint density at radius 3 is 1.95 bits per heavy atom. The molecule has 4 nitrogen and oxygen atoms in total. The van der Waals surface area contributed by atoms with E-state index in [-0.39, 0.29) is 5.56 Å². The van der Waals surface area contributed by atoms with Crippen LogP contribution in [0.25, 0.3) is 11.1 Å². The van der Waals surface area contributed by atoms with Crippen LogP contribution < -0.4 is 5.46 Å². The summed E-state index contributed by atoms with van der Waals surface area (Å²) < 4.78 is 41.2. The third-order valence-electron chi connectivity index (χ3n) is 2.85. The van der Waals surface area contributed by atoms with Crippen molar-refractivity contribution in [3.63, 3.8) is 0 Å². The van der Waals surface area contributed by atoms with Gasteiger partial charge in [0.25, 0.3) is 0 Å². The molecule has 0 amide bonds. The molecule has 8 heteroatoms. The van der Waals surface area contributed by atoms with E-state index in [1.165, 1.54) is 0 Å². The summed E-state index contributed by atoms with van der Waals surface area (Å²) in [5.74, 6) is -4.88. The molecule has 0 aromatic heterocycles. The fraction of sp³-hybridized carbons (Fsp3) is 0. The molecule has 0 aliphatic carbocycles. The monoisotopic (exact) mass is 296 g/mol. The molecule has 0 unspecified atom stereocenters. The first-order valence-electron chi connectivity index (χ1n) is 5.69. The van der Waals surface area contributed by atoms with Crippen LogP contribution in [-0.2, 0) is 0 Å². The van der Waals surface area contributed by atoms with Crippen LogP contribution in [-0.4, -0.2) is 28.2 Å². The minimum absolute atomic E-state index is 0.202. The highest BCUT2D eigenvalue weighted by atomic mass is 19.1. The van der Waals surface area contributed by atoms with E-state index >= 15 is 0 Å². The third-order valence-corrected chi connectivity index (χ3v) is 2.85. The molecule has 0 aliphatic rings.